The molecule has 0 aliphatic carbocycles. The first-order valence-corrected chi connectivity index (χ1v) is 4.28. The molecule has 84 valence electrons. The van der Waals surface area contributed by atoms with E-state index < -0.39 is 0 Å². The first kappa shape index (κ1) is 15.5. The maximum atomic E-state index is 6.47. The number of nitrogens with one attached hydrogen (secondary N) is 4. The highest BCUT2D eigenvalue weighted by molar-refractivity contribution is 5.93. The summed E-state index contributed by atoms with van der Waals surface area (Å²) in [6, 6.07) is 0. The Bertz CT molecular complexity index is 144. The molecule has 0 aromatic carbocycles. The Hall–Kier alpha value is -1.01. The van der Waals surface area contributed by atoms with Gasteiger partial charge in [-0.1, -0.05) is 6.42 Å². The Morgan fingerprint density at radius 1 is 1.00 bits per heavy atom. The maximum Gasteiger partial charge on any atom is 0.192 e. The summed E-state index contributed by atoms with van der Waals surface area (Å²) in [4.78, 5) is 0. The van der Waals surface area contributed by atoms with Crippen LogP contribution in [0.2, 0.25) is 0 Å². The Morgan fingerprint density at radius 2 is 1.43 bits per heavy atom. The van der Waals surface area contributed by atoms with Crippen LogP contribution in [0.5, 0.6) is 0 Å². The van der Waals surface area contributed by atoms with Crippen LogP contribution in [-0.2, 0) is 0 Å². The van der Waals surface area contributed by atoms with E-state index in [1.54, 1.807) is 0 Å². The largest absolute Gasteiger partial charge is 0.370 e. The molecule has 1 fully saturated rings. The van der Waals surface area contributed by atoms with E-state index in [9.17, 15) is 0 Å². The van der Waals surface area contributed by atoms with Gasteiger partial charge < -0.3 is 16.8 Å². The summed E-state index contributed by atoms with van der Waals surface area (Å²) >= 11 is 0. The summed E-state index contributed by atoms with van der Waals surface area (Å²) in [6.07, 6.45) is 4.22. The van der Waals surface area contributed by atoms with Crippen molar-refractivity contribution in [2.75, 3.05) is 13.1 Å². The van der Waals surface area contributed by atoms with Gasteiger partial charge in [0.1, 0.15) is 0 Å². The molecule has 14 heavy (non-hydrogen) atoms. The van der Waals surface area contributed by atoms with Gasteiger partial charge >= 0.3 is 0 Å². The predicted octanol–water partition coefficient (Wildman–Crippen LogP) is -0.455. The van der Waals surface area contributed by atoms with E-state index >= 15 is 0 Å². The van der Waals surface area contributed by atoms with Gasteiger partial charge in [0, 0.05) is 0 Å². The topological polar surface area (TPSA) is 124 Å². The van der Waals surface area contributed by atoms with Gasteiger partial charge in [0.05, 0.1) is 0 Å². The predicted molar refractivity (Wildman–Crippen MR) is 60.9 cm³/mol. The third-order valence-electron chi connectivity index (χ3n) is 1.48. The number of guanidine groups is 2. The van der Waals surface area contributed by atoms with Crippen LogP contribution in [0.1, 0.15) is 19.3 Å². The van der Waals surface area contributed by atoms with Crippen LogP contribution in [0.3, 0.4) is 0 Å². The van der Waals surface area contributed by atoms with E-state index in [-0.39, 0.29) is 24.3 Å². The quantitative estimate of drug-likeness (QED) is 0.245. The molecular weight excluding hydrogens is 204 g/mol. The molecule has 0 unspecified atom stereocenters. The van der Waals surface area contributed by atoms with Crippen molar-refractivity contribution in [2.24, 2.45) is 11.5 Å². The zero-order valence-electron chi connectivity index (χ0n) is 8.10. The second-order valence-corrected chi connectivity index (χ2v) is 2.76. The van der Waals surface area contributed by atoms with Crippen molar-refractivity contribution in [3.8, 4) is 0 Å². The molecule has 0 atom stereocenters. The Morgan fingerprint density at radius 3 is 1.50 bits per heavy atom. The second kappa shape index (κ2) is 10.1. The molecule has 1 heterocycles. The summed E-state index contributed by atoms with van der Waals surface area (Å²) in [5.41, 5.74) is 9.49. The normalized spacial score (nSPS) is 14.0. The van der Waals surface area contributed by atoms with Gasteiger partial charge in [0.15, 0.2) is 11.9 Å². The van der Waals surface area contributed by atoms with Crippen LogP contribution in [0.25, 0.3) is 0 Å². The Labute approximate surface area is 90.2 Å². The van der Waals surface area contributed by atoms with Crippen LogP contribution in [0.4, 0.5) is 0 Å². The van der Waals surface area contributed by atoms with E-state index in [0.717, 1.165) is 0 Å². The third kappa shape index (κ3) is 13.6. The van der Waals surface area contributed by atoms with Gasteiger partial charge in [-0.25, -0.2) is 0 Å². The second-order valence-electron chi connectivity index (χ2n) is 2.76. The summed E-state index contributed by atoms with van der Waals surface area (Å²) in [5.74, 6) is -0.625. The minimum Gasteiger partial charge on any atom is -0.370 e. The van der Waals surface area contributed by atoms with Crippen molar-refractivity contribution in [1.82, 2.24) is 10.6 Å². The molecule has 1 saturated heterocycles. The zero-order valence-corrected chi connectivity index (χ0v) is 8.91. The molecular formula is C7H19ClN6. The van der Waals surface area contributed by atoms with E-state index in [4.69, 9.17) is 22.3 Å². The highest BCUT2D eigenvalue weighted by Gasteiger charge is 1.93. The van der Waals surface area contributed by atoms with Crippen LogP contribution >= 0.6 is 12.4 Å². The van der Waals surface area contributed by atoms with Crippen molar-refractivity contribution in [3.63, 3.8) is 0 Å². The fourth-order valence-corrected chi connectivity index (χ4v) is 0.947. The molecule has 0 saturated carbocycles. The molecule has 0 aromatic heterocycles. The molecule has 0 aromatic rings. The van der Waals surface area contributed by atoms with Crippen LogP contribution < -0.4 is 22.1 Å². The van der Waals surface area contributed by atoms with Gasteiger partial charge in [0.25, 0.3) is 0 Å². The summed E-state index contributed by atoms with van der Waals surface area (Å²) in [5, 5.41) is 18.3. The molecule has 0 bridgehead atoms. The third-order valence-corrected chi connectivity index (χ3v) is 1.48. The number of rotatable bonds is 0. The average Bonchev–Trinajstić information content (AvgIpc) is 2.06. The van der Waals surface area contributed by atoms with Crippen LogP contribution in [-0.4, -0.2) is 25.0 Å². The van der Waals surface area contributed by atoms with Crippen LogP contribution in [0.15, 0.2) is 0 Å². The molecule has 8 N–H and O–H groups in total. The molecule has 0 spiro atoms. The molecule has 1 rings (SSSR count). The van der Waals surface area contributed by atoms with E-state index in [1.165, 1.54) is 32.4 Å². The number of piperidine rings is 1. The molecule has 1 aliphatic heterocycles. The minimum absolute atomic E-state index is 0. The van der Waals surface area contributed by atoms with Crippen molar-refractivity contribution >= 4 is 24.3 Å². The lowest BCUT2D eigenvalue weighted by Crippen LogP contribution is -2.39. The highest BCUT2D eigenvalue weighted by atomic mass is 35.5. The van der Waals surface area contributed by atoms with E-state index in [0.29, 0.717) is 0 Å². The first-order valence-electron chi connectivity index (χ1n) is 4.28. The van der Waals surface area contributed by atoms with Gasteiger partial charge in [0.2, 0.25) is 0 Å². The minimum atomic E-state index is -0.312. The number of hydrogen-bond acceptors (Lipinski definition) is 3. The zero-order chi connectivity index (χ0) is 10.1. The fourth-order valence-electron chi connectivity index (χ4n) is 0.947. The first-order chi connectivity index (χ1) is 6.13. The molecule has 7 heteroatoms. The van der Waals surface area contributed by atoms with Gasteiger partial charge in [-0.05, 0) is 25.9 Å². The van der Waals surface area contributed by atoms with E-state index in [2.05, 4.69) is 5.32 Å². The number of nitrogens with two attached hydrogens (primary N) is 2. The number of hydrogen-bond donors (Lipinski definition) is 6. The Kier molecular flexibility index (Phi) is 11.1. The van der Waals surface area contributed by atoms with Gasteiger partial charge in [-0.15, -0.1) is 12.4 Å². The van der Waals surface area contributed by atoms with Crippen molar-refractivity contribution < 1.29 is 0 Å². The van der Waals surface area contributed by atoms with E-state index in [1.807, 2.05) is 5.32 Å². The molecule has 0 amide bonds. The molecule has 6 nitrogen and oxygen atoms in total. The molecule has 1 aliphatic rings. The summed E-state index contributed by atoms with van der Waals surface area (Å²) in [7, 11) is 0. The lowest BCUT2D eigenvalue weighted by atomic mass is 10.2. The van der Waals surface area contributed by atoms with Crippen molar-refractivity contribution in [3.05, 3.63) is 0 Å². The SMILES string of the molecule is C1CCNCC1.Cl.N=C(N)NC(=N)N. The lowest BCUT2D eigenvalue weighted by molar-refractivity contribution is 0.520. The maximum absolute atomic E-state index is 6.47. The summed E-state index contributed by atoms with van der Waals surface area (Å²) in [6.45, 7) is 2.50. The standard InChI is InChI=1S/C5H11N.C2H7N5.ClH/c1-2-4-6-5-3-1;3-1(4)7-2(5)6;/h6H,1-5H2;(H7,3,4,5,6,7);1H. The van der Waals surface area contributed by atoms with Crippen molar-refractivity contribution in [2.45, 2.75) is 19.3 Å². The smallest absolute Gasteiger partial charge is 0.192 e. The van der Waals surface area contributed by atoms with Crippen LogP contribution in [0, 0.1) is 10.8 Å². The average molecular weight is 223 g/mol. The summed E-state index contributed by atoms with van der Waals surface area (Å²) < 4.78 is 0. The Balaban J connectivity index is 0. The van der Waals surface area contributed by atoms with Crippen molar-refractivity contribution in [1.29, 1.82) is 10.8 Å². The molecule has 0 radical (unpaired) electrons. The number of halogens is 1. The highest BCUT2D eigenvalue weighted by Crippen LogP contribution is 1.96. The lowest BCUT2D eigenvalue weighted by Gasteiger charge is -2.08. The fraction of sp³-hybridized carbons (Fsp3) is 0.714. The monoisotopic (exact) mass is 222 g/mol. The van der Waals surface area contributed by atoms with Gasteiger partial charge in [-0.2, -0.15) is 0 Å². The van der Waals surface area contributed by atoms with Gasteiger partial charge in [-0.3, -0.25) is 16.1 Å².